The SMILES string of the molecule is CN(C)C(=O)[C@]12CCCN(C(=O)N3CCCC3)C[C@H]1CN(c1ncccn1)C2. The van der Waals surface area contributed by atoms with Gasteiger partial charge in [-0.1, -0.05) is 0 Å². The van der Waals surface area contributed by atoms with Gasteiger partial charge in [-0.15, -0.1) is 0 Å². The third-order valence-corrected chi connectivity index (χ3v) is 6.50. The van der Waals surface area contributed by atoms with E-state index < -0.39 is 5.41 Å². The van der Waals surface area contributed by atoms with Crippen molar-refractivity contribution in [1.82, 2.24) is 24.7 Å². The minimum absolute atomic E-state index is 0.0836. The topological polar surface area (TPSA) is 72.9 Å². The van der Waals surface area contributed by atoms with E-state index in [1.165, 1.54) is 0 Å². The lowest BCUT2D eigenvalue weighted by Gasteiger charge is -2.35. The molecule has 4 heterocycles. The number of hydrogen-bond acceptors (Lipinski definition) is 5. The fourth-order valence-corrected chi connectivity index (χ4v) is 5.12. The zero-order chi connectivity index (χ0) is 19.7. The van der Waals surface area contributed by atoms with Crippen LogP contribution >= 0.6 is 0 Å². The molecule has 3 fully saturated rings. The van der Waals surface area contributed by atoms with Gasteiger partial charge in [-0.3, -0.25) is 4.79 Å². The number of anilines is 1. The summed E-state index contributed by atoms with van der Waals surface area (Å²) in [4.78, 5) is 42.9. The monoisotopic (exact) mass is 386 g/mol. The summed E-state index contributed by atoms with van der Waals surface area (Å²) in [6, 6.07) is 1.94. The van der Waals surface area contributed by atoms with E-state index in [0.717, 1.165) is 45.3 Å². The smallest absolute Gasteiger partial charge is 0.320 e. The van der Waals surface area contributed by atoms with Crippen molar-refractivity contribution >= 4 is 17.9 Å². The Bertz CT molecular complexity index is 721. The van der Waals surface area contributed by atoms with E-state index in [2.05, 4.69) is 14.9 Å². The van der Waals surface area contributed by atoms with Crippen LogP contribution in [0.25, 0.3) is 0 Å². The Balaban J connectivity index is 1.60. The highest BCUT2D eigenvalue weighted by molar-refractivity contribution is 5.84. The van der Waals surface area contributed by atoms with Crippen molar-refractivity contribution in [3.8, 4) is 0 Å². The lowest BCUT2D eigenvalue weighted by molar-refractivity contribution is -0.141. The molecule has 1 aromatic rings. The standard InChI is InChI=1S/C20H30N6O2/c1-23(2)17(27)20-7-5-12-25(19(28)24-10-3-4-11-24)13-16(20)14-26(15-20)18-21-8-6-9-22-18/h6,8-9,16H,3-5,7,10-15H2,1-2H3/t16-,20-/m0/s1. The number of aromatic nitrogens is 2. The van der Waals surface area contributed by atoms with Gasteiger partial charge in [0.25, 0.3) is 0 Å². The molecule has 8 nitrogen and oxygen atoms in total. The maximum Gasteiger partial charge on any atom is 0.320 e. The maximum atomic E-state index is 13.3. The quantitative estimate of drug-likeness (QED) is 0.766. The molecule has 0 saturated carbocycles. The molecule has 8 heteroatoms. The molecule has 0 spiro atoms. The van der Waals surface area contributed by atoms with Crippen molar-refractivity contribution in [3.63, 3.8) is 0 Å². The molecule has 3 aliphatic rings. The Labute approximate surface area is 166 Å². The van der Waals surface area contributed by atoms with Crippen LogP contribution in [0.4, 0.5) is 10.7 Å². The summed E-state index contributed by atoms with van der Waals surface area (Å²) in [5.74, 6) is 0.908. The predicted molar refractivity (Wildman–Crippen MR) is 106 cm³/mol. The number of hydrogen-bond donors (Lipinski definition) is 0. The Hall–Kier alpha value is -2.38. The van der Waals surface area contributed by atoms with Crippen LogP contribution in [0.15, 0.2) is 18.5 Å². The molecule has 0 bridgehead atoms. The zero-order valence-electron chi connectivity index (χ0n) is 16.9. The van der Waals surface area contributed by atoms with Crippen LogP contribution in [0.5, 0.6) is 0 Å². The number of urea groups is 1. The second kappa shape index (κ2) is 7.56. The molecule has 0 unspecified atom stereocenters. The van der Waals surface area contributed by atoms with Crippen molar-refractivity contribution in [1.29, 1.82) is 0 Å². The molecule has 3 saturated heterocycles. The zero-order valence-corrected chi connectivity index (χ0v) is 16.9. The number of fused-ring (bicyclic) bond motifs is 1. The molecule has 0 aliphatic carbocycles. The van der Waals surface area contributed by atoms with Gasteiger partial charge in [0.05, 0.1) is 5.41 Å². The van der Waals surface area contributed by atoms with E-state index in [4.69, 9.17) is 0 Å². The maximum absolute atomic E-state index is 13.3. The van der Waals surface area contributed by atoms with Gasteiger partial charge in [-0.25, -0.2) is 14.8 Å². The van der Waals surface area contributed by atoms with Gasteiger partial charge in [-0.2, -0.15) is 0 Å². The third kappa shape index (κ3) is 3.29. The third-order valence-electron chi connectivity index (χ3n) is 6.50. The molecule has 28 heavy (non-hydrogen) atoms. The van der Waals surface area contributed by atoms with Crippen LogP contribution in [0.3, 0.4) is 0 Å². The van der Waals surface area contributed by atoms with Gasteiger partial charge in [0.1, 0.15) is 0 Å². The summed E-state index contributed by atoms with van der Waals surface area (Å²) in [5, 5.41) is 0. The number of nitrogens with zero attached hydrogens (tertiary/aromatic N) is 6. The molecule has 3 amide bonds. The van der Waals surface area contributed by atoms with E-state index >= 15 is 0 Å². The summed E-state index contributed by atoms with van der Waals surface area (Å²) in [6.07, 6.45) is 7.29. The number of rotatable bonds is 2. The predicted octanol–water partition coefficient (Wildman–Crippen LogP) is 1.30. The fourth-order valence-electron chi connectivity index (χ4n) is 5.12. The van der Waals surface area contributed by atoms with Gasteiger partial charge in [0, 0.05) is 71.7 Å². The molecule has 152 valence electrons. The molecular weight excluding hydrogens is 356 g/mol. The fraction of sp³-hybridized carbons (Fsp3) is 0.700. The Morgan fingerprint density at radius 3 is 2.39 bits per heavy atom. The number of carbonyl (C=O) groups is 2. The van der Waals surface area contributed by atoms with Gasteiger partial charge in [0.2, 0.25) is 11.9 Å². The molecule has 3 aliphatic heterocycles. The summed E-state index contributed by atoms with van der Waals surface area (Å²) in [5.41, 5.74) is -0.483. The van der Waals surface area contributed by atoms with Gasteiger partial charge >= 0.3 is 6.03 Å². The van der Waals surface area contributed by atoms with E-state index in [-0.39, 0.29) is 17.9 Å². The van der Waals surface area contributed by atoms with Crippen LogP contribution < -0.4 is 4.90 Å². The van der Waals surface area contributed by atoms with Crippen molar-refractivity contribution in [3.05, 3.63) is 18.5 Å². The second-order valence-electron chi connectivity index (χ2n) is 8.51. The summed E-state index contributed by atoms with van der Waals surface area (Å²) in [7, 11) is 3.65. The average molecular weight is 387 g/mol. The van der Waals surface area contributed by atoms with Crippen LogP contribution in [0, 0.1) is 11.3 Å². The van der Waals surface area contributed by atoms with Crippen molar-refractivity contribution < 1.29 is 9.59 Å². The average Bonchev–Trinajstić information content (AvgIpc) is 3.33. The number of amides is 3. The highest BCUT2D eigenvalue weighted by atomic mass is 16.2. The van der Waals surface area contributed by atoms with Crippen LogP contribution in [-0.4, -0.2) is 90.0 Å². The van der Waals surface area contributed by atoms with Crippen molar-refractivity contribution in [2.24, 2.45) is 11.3 Å². The Morgan fingerprint density at radius 2 is 1.71 bits per heavy atom. The highest BCUT2D eigenvalue weighted by Crippen LogP contribution is 2.44. The van der Waals surface area contributed by atoms with Gasteiger partial charge in [0.15, 0.2) is 0 Å². The van der Waals surface area contributed by atoms with E-state index in [1.54, 1.807) is 23.4 Å². The Morgan fingerprint density at radius 1 is 1.04 bits per heavy atom. The van der Waals surface area contributed by atoms with Gasteiger partial charge < -0.3 is 19.6 Å². The first-order valence-electron chi connectivity index (χ1n) is 10.3. The molecule has 0 radical (unpaired) electrons. The highest BCUT2D eigenvalue weighted by Gasteiger charge is 2.54. The van der Waals surface area contributed by atoms with Crippen molar-refractivity contribution in [2.75, 3.05) is 58.3 Å². The van der Waals surface area contributed by atoms with E-state index in [0.29, 0.717) is 25.6 Å². The van der Waals surface area contributed by atoms with Crippen molar-refractivity contribution in [2.45, 2.75) is 25.7 Å². The molecular formula is C20H30N6O2. The van der Waals surface area contributed by atoms with Crippen LogP contribution in [-0.2, 0) is 4.79 Å². The Kier molecular flexibility index (Phi) is 5.12. The minimum atomic E-state index is -0.483. The molecule has 0 N–H and O–H groups in total. The normalized spacial score (nSPS) is 27.5. The first-order chi connectivity index (χ1) is 13.5. The van der Waals surface area contributed by atoms with E-state index in [1.807, 2.05) is 23.9 Å². The first-order valence-corrected chi connectivity index (χ1v) is 10.3. The lowest BCUT2D eigenvalue weighted by Crippen LogP contribution is -2.49. The molecule has 2 atom stereocenters. The first kappa shape index (κ1) is 19.0. The number of carbonyl (C=O) groups excluding carboxylic acids is 2. The molecule has 1 aromatic heterocycles. The largest absolute Gasteiger partial charge is 0.348 e. The van der Waals surface area contributed by atoms with E-state index in [9.17, 15) is 9.59 Å². The van der Waals surface area contributed by atoms with Crippen LogP contribution in [0.2, 0.25) is 0 Å². The summed E-state index contributed by atoms with van der Waals surface area (Å²) >= 11 is 0. The van der Waals surface area contributed by atoms with Gasteiger partial charge in [-0.05, 0) is 31.7 Å². The summed E-state index contributed by atoms with van der Waals surface area (Å²) in [6.45, 7) is 4.38. The molecule has 0 aromatic carbocycles. The number of likely N-dealkylation sites (tertiary alicyclic amines) is 2. The van der Waals surface area contributed by atoms with Crippen LogP contribution in [0.1, 0.15) is 25.7 Å². The lowest BCUT2D eigenvalue weighted by atomic mass is 9.74. The second-order valence-corrected chi connectivity index (χ2v) is 8.51. The minimum Gasteiger partial charge on any atom is -0.348 e. The molecule has 4 rings (SSSR count). The summed E-state index contributed by atoms with van der Waals surface area (Å²) < 4.78 is 0.